The van der Waals surface area contributed by atoms with Gasteiger partial charge in [0.1, 0.15) is 0 Å². The number of nitrogens with zero attached hydrogens (tertiary/aromatic N) is 2. The fourth-order valence-electron chi connectivity index (χ4n) is 2.72. The van der Waals surface area contributed by atoms with Crippen molar-refractivity contribution in [1.29, 1.82) is 0 Å². The number of amides is 1. The highest BCUT2D eigenvalue weighted by atomic mass is 19.2. The van der Waals surface area contributed by atoms with Gasteiger partial charge in [-0.3, -0.25) is 4.79 Å². The third-order valence-electron chi connectivity index (χ3n) is 4.23. The highest BCUT2D eigenvalue weighted by Crippen LogP contribution is 2.18. The van der Waals surface area contributed by atoms with Crippen LogP contribution in [0.25, 0.3) is 11.1 Å². The number of carbonyl (C=O) groups excluding carboxylic acids is 1. The number of fused-ring (bicyclic) bond motifs is 1. The summed E-state index contributed by atoms with van der Waals surface area (Å²) in [5, 5.41) is 7.55. The maximum absolute atomic E-state index is 13.2. The third kappa shape index (κ3) is 3.87. The second kappa shape index (κ2) is 7.59. The van der Waals surface area contributed by atoms with E-state index < -0.39 is 11.6 Å². The van der Waals surface area contributed by atoms with Gasteiger partial charge in [0.2, 0.25) is 0 Å². The summed E-state index contributed by atoms with van der Waals surface area (Å²) in [5.41, 5.74) is 2.28. The lowest BCUT2D eigenvalue weighted by Gasteiger charge is -2.14. The second-order valence-corrected chi connectivity index (χ2v) is 6.22. The summed E-state index contributed by atoms with van der Waals surface area (Å²) in [6.45, 7) is 3.81. The standard InChI is InChI=1S/C19H19F2N3O2/c1-3-17-14-9-13(10-22-19(14)26-24-17)18(25)23-11(2)4-5-12-6-7-15(20)16(21)8-12/h6-11H,3-5H2,1-2H3,(H,23,25). The molecule has 7 heteroatoms. The van der Waals surface area contributed by atoms with Crippen LogP contribution >= 0.6 is 0 Å². The van der Waals surface area contributed by atoms with Gasteiger partial charge in [-0.25, -0.2) is 13.8 Å². The molecule has 1 N–H and O–H groups in total. The van der Waals surface area contributed by atoms with Crippen LogP contribution in [-0.2, 0) is 12.8 Å². The molecule has 0 aliphatic carbocycles. The molecule has 1 aromatic carbocycles. The van der Waals surface area contributed by atoms with Gasteiger partial charge in [0.15, 0.2) is 11.6 Å². The monoisotopic (exact) mass is 359 g/mol. The van der Waals surface area contributed by atoms with E-state index in [0.717, 1.165) is 17.1 Å². The first-order chi connectivity index (χ1) is 12.5. The van der Waals surface area contributed by atoms with E-state index in [1.807, 2.05) is 13.8 Å². The van der Waals surface area contributed by atoms with E-state index in [-0.39, 0.29) is 11.9 Å². The van der Waals surface area contributed by atoms with Gasteiger partial charge in [-0.15, -0.1) is 0 Å². The van der Waals surface area contributed by atoms with E-state index in [0.29, 0.717) is 36.1 Å². The molecular weight excluding hydrogens is 340 g/mol. The molecule has 3 rings (SSSR count). The predicted molar refractivity (Wildman–Crippen MR) is 92.8 cm³/mol. The molecule has 1 amide bonds. The maximum Gasteiger partial charge on any atom is 0.257 e. The number of halogens is 2. The molecule has 2 aromatic heterocycles. The summed E-state index contributed by atoms with van der Waals surface area (Å²) in [6.07, 6.45) is 3.26. The van der Waals surface area contributed by atoms with Crippen molar-refractivity contribution < 1.29 is 18.1 Å². The van der Waals surface area contributed by atoms with Crippen LogP contribution in [0.15, 0.2) is 35.0 Å². The lowest BCUT2D eigenvalue weighted by atomic mass is 10.1. The zero-order valence-electron chi connectivity index (χ0n) is 14.6. The molecule has 136 valence electrons. The number of aromatic nitrogens is 2. The molecule has 0 saturated carbocycles. The Bertz CT molecular complexity index is 940. The van der Waals surface area contributed by atoms with Crippen molar-refractivity contribution in [3.05, 3.63) is 58.9 Å². The zero-order valence-corrected chi connectivity index (χ0v) is 14.6. The van der Waals surface area contributed by atoms with Crippen LogP contribution in [0.2, 0.25) is 0 Å². The van der Waals surface area contributed by atoms with E-state index in [1.165, 1.54) is 12.3 Å². The van der Waals surface area contributed by atoms with Gasteiger partial charge >= 0.3 is 0 Å². The Morgan fingerprint density at radius 2 is 2.08 bits per heavy atom. The Morgan fingerprint density at radius 3 is 2.81 bits per heavy atom. The van der Waals surface area contributed by atoms with Gasteiger partial charge in [-0.1, -0.05) is 18.1 Å². The molecule has 2 heterocycles. The number of nitrogens with one attached hydrogen (secondary N) is 1. The Kier molecular flexibility index (Phi) is 5.25. The molecule has 0 aliphatic heterocycles. The Labute approximate surface area is 149 Å². The quantitative estimate of drug-likeness (QED) is 0.727. The van der Waals surface area contributed by atoms with Gasteiger partial charge in [-0.2, -0.15) is 0 Å². The highest BCUT2D eigenvalue weighted by Gasteiger charge is 2.15. The van der Waals surface area contributed by atoms with Crippen LogP contribution in [0.5, 0.6) is 0 Å². The van der Waals surface area contributed by atoms with Crippen molar-refractivity contribution in [3.63, 3.8) is 0 Å². The van der Waals surface area contributed by atoms with Crippen LogP contribution < -0.4 is 5.32 Å². The van der Waals surface area contributed by atoms with Crippen molar-refractivity contribution in [1.82, 2.24) is 15.5 Å². The van der Waals surface area contributed by atoms with Crippen molar-refractivity contribution in [2.24, 2.45) is 0 Å². The number of carbonyl (C=O) groups is 1. The molecule has 26 heavy (non-hydrogen) atoms. The molecule has 0 fully saturated rings. The van der Waals surface area contributed by atoms with E-state index in [2.05, 4.69) is 15.5 Å². The third-order valence-corrected chi connectivity index (χ3v) is 4.23. The smallest absolute Gasteiger partial charge is 0.257 e. The number of hydrogen-bond acceptors (Lipinski definition) is 4. The minimum atomic E-state index is -0.863. The number of aryl methyl sites for hydroxylation is 2. The first-order valence-electron chi connectivity index (χ1n) is 8.47. The molecule has 0 radical (unpaired) electrons. The largest absolute Gasteiger partial charge is 0.350 e. The molecule has 0 bridgehead atoms. The Balaban J connectivity index is 1.62. The molecule has 1 atom stereocenters. The van der Waals surface area contributed by atoms with Gasteiger partial charge in [0.05, 0.1) is 16.6 Å². The second-order valence-electron chi connectivity index (χ2n) is 6.22. The molecule has 0 saturated heterocycles. The number of benzene rings is 1. The predicted octanol–water partition coefficient (Wildman–Crippen LogP) is 3.81. The molecule has 0 spiro atoms. The minimum absolute atomic E-state index is 0.139. The first kappa shape index (κ1) is 18.0. The van der Waals surface area contributed by atoms with Gasteiger partial charge in [-0.05, 0) is 49.9 Å². The Morgan fingerprint density at radius 1 is 1.27 bits per heavy atom. The normalized spacial score (nSPS) is 12.3. The Hall–Kier alpha value is -2.83. The van der Waals surface area contributed by atoms with Crippen LogP contribution in [-0.4, -0.2) is 22.1 Å². The SMILES string of the molecule is CCc1noc2ncc(C(=O)NC(C)CCc3ccc(F)c(F)c3)cc12. The summed E-state index contributed by atoms with van der Waals surface area (Å²) in [7, 11) is 0. The number of rotatable bonds is 6. The number of pyridine rings is 1. The van der Waals surface area contributed by atoms with Crippen LogP contribution in [0.4, 0.5) is 8.78 Å². The van der Waals surface area contributed by atoms with Crippen LogP contribution in [0.1, 0.15) is 41.9 Å². The molecule has 1 unspecified atom stereocenters. The first-order valence-corrected chi connectivity index (χ1v) is 8.47. The molecular formula is C19H19F2N3O2. The summed E-state index contributed by atoms with van der Waals surface area (Å²) < 4.78 is 31.3. The topological polar surface area (TPSA) is 68.0 Å². The molecule has 5 nitrogen and oxygen atoms in total. The lowest BCUT2D eigenvalue weighted by Crippen LogP contribution is -2.33. The lowest BCUT2D eigenvalue weighted by molar-refractivity contribution is 0.0938. The fraction of sp³-hybridized carbons (Fsp3) is 0.316. The van der Waals surface area contributed by atoms with E-state index in [4.69, 9.17) is 4.52 Å². The maximum atomic E-state index is 13.2. The van der Waals surface area contributed by atoms with Gasteiger partial charge in [0.25, 0.3) is 11.6 Å². The van der Waals surface area contributed by atoms with E-state index in [9.17, 15) is 13.6 Å². The van der Waals surface area contributed by atoms with Crippen molar-refractivity contribution in [3.8, 4) is 0 Å². The zero-order chi connectivity index (χ0) is 18.7. The van der Waals surface area contributed by atoms with Gasteiger partial charge < -0.3 is 9.84 Å². The average Bonchev–Trinajstić information content (AvgIpc) is 3.05. The highest BCUT2D eigenvalue weighted by molar-refractivity contribution is 5.97. The number of hydrogen-bond donors (Lipinski definition) is 1. The molecule has 0 aliphatic rings. The minimum Gasteiger partial charge on any atom is -0.350 e. The average molecular weight is 359 g/mol. The van der Waals surface area contributed by atoms with Crippen LogP contribution in [0.3, 0.4) is 0 Å². The van der Waals surface area contributed by atoms with Crippen molar-refractivity contribution >= 4 is 17.0 Å². The summed E-state index contributed by atoms with van der Waals surface area (Å²) >= 11 is 0. The summed E-state index contributed by atoms with van der Waals surface area (Å²) in [5.74, 6) is -1.97. The van der Waals surface area contributed by atoms with E-state index in [1.54, 1.807) is 12.1 Å². The van der Waals surface area contributed by atoms with Crippen molar-refractivity contribution in [2.75, 3.05) is 0 Å². The van der Waals surface area contributed by atoms with Gasteiger partial charge in [0, 0.05) is 12.2 Å². The van der Waals surface area contributed by atoms with E-state index >= 15 is 0 Å². The fourth-order valence-corrected chi connectivity index (χ4v) is 2.72. The molecule has 3 aromatic rings. The van der Waals surface area contributed by atoms with Crippen molar-refractivity contribution in [2.45, 2.75) is 39.2 Å². The van der Waals surface area contributed by atoms with Crippen LogP contribution in [0, 0.1) is 11.6 Å². The summed E-state index contributed by atoms with van der Waals surface area (Å²) in [4.78, 5) is 16.5. The summed E-state index contributed by atoms with van der Waals surface area (Å²) in [6, 6.07) is 5.41.